The molecule has 1 aromatic carbocycles. The van der Waals surface area contributed by atoms with Gasteiger partial charge >= 0.3 is 0 Å². The Balaban J connectivity index is 1.50. The molecule has 0 amide bonds. The van der Waals surface area contributed by atoms with Crippen LogP contribution in [0.1, 0.15) is 62.8 Å². The Hall–Kier alpha value is -1.22. The van der Waals surface area contributed by atoms with E-state index in [2.05, 4.69) is 18.2 Å². The number of aliphatic hydroxyl groups is 1. The number of fused-ring (bicyclic) bond motifs is 1. The Morgan fingerprint density at radius 2 is 1.65 bits per heavy atom. The third-order valence-electron chi connectivity index (χ3n) is 6.25. The van der Waals surface area contributed by atoms with E-state index in [1.54, 1.807) is 7.11 Å². The van der Waals surface area contributed by atoms with Crippen LogP contribution in [0.25, 0.3) is 0 Å². The number of hydrogen-bond acceptors (Lipinski definition) is 3. The van der Waals surface area contributed by atoms with Gasteiger partial charge in [-0.3, -0.25) is 0 Å². The van der Waals surface area contributed by atoms with Crippen LogP contribution in [-0.2, 0) is 0 Å². The third-order valence-corrected chi connectivity index (χ3v) is 6.25. The smallest absolute Gasteiger partial charge is 0.161 e. The third kappa shape index (κ3) is 3.08. The summed E-state index contributed by atoms with van der Waals surface area (Å²) in [5.41, 5.74) is 1.39. The molecule has 0 heterocycles. The van der Waals surface area contributed by atoms with Crippen molar-refractivity contribution in [3.8, 4) is 11.5 Å². The van der Waals surface area contributed by atoms with Gasteiger partial charge in [-0.15, -0.1) is 0 Å². The molecule has 126 valence electrons. The van der Waals surface area contributed by atoms with Gasteiger partial charge in [0, 0.05) is 0 Å². The van der Waals surface area contributed by atoms with Crippen molar-refractivity contribution in [1.29, 1.82) is 0 Å². The molecule has 3 aliphatic carbocycles. The van der Waals surface area contributed by atoms with Gasteiger partial charge in [0.1, 0.15) is 0 Å². The standard InChI is InChI=1S/C20H28O3/c1-22-19-7-6-13(12-20(19)23-18-4-2-3-5-18)14-8-15-10-17(21)11-16(15)9-14/h6-7,12,14-18,21H,2-5,8-11H2,1H3. The number of rotatable bonds is 4. The van der Waals surface area contributed by atoms with Gasteiger partial charge in [-0.25, -0.2) is 0 Å². The maximum Gasteiger partial charge on any atom is 0.161 e. The van der Waals surface area contributed by atoms with E-state index >= 15 is 0 Å². The molecule has 1 N–H and O–H groups in total. The van der Waals surface area contributed by atoms with Crippen molar-refractivity contribution in [3.63, 3.8) is 0 Å². The second kappa shape index (κ2) is 6.35. The van der Waals surface area contributed by atoms with Crippen molar-refractivity contribution in [2.45, 2.75) is 69.5 Å². The van der Waals surface area contributed by atoms with Gasteiger partial charge in [0.05, 0.1) is 19.3 Å². The normalized spacial score (nSPS) is 33.8. The zero-order valence-electron chi connectivity index (χ0n) is 14.0. The summed E-state index contributed by atoms with van der Waals surface area (Å²) in [6, 6.07) is 6.50. The highest BCUT2D eigenvalue weighted by molar-refractivity contribution is 5.44. The second-order valence-corrected chi connectivity index (χ2v) is 7.75. The Morgan fingerprint density at radius 3 is 2.30 bits per heavy atom. The van der Waals surface area contributed by atoms with Crippen LogP contribution in [0.15, 0.2) is 18.2 Å². The lowest BCUT2D eigenvalue weighted by Crippen LogP contribution is -2.12. The molecule has 3 heteroatoms. The van der Waals surface area contributed by atoms with Crippen LogP contribution in [0.4, 0.5) is 0 Å². The topological polar surface area (TPSA) is 38.7 Å². The van der Waals surface area contributed by atoms with Crippen LogP contribution < -0.4 is 9.47 Å². The van der Waals surface area contributed by atoms with Crippen molar-refractivity contribution in [3.05, 3.63) is 23.8 Å². The van der Waals surface area contributed by atoms with Gasteiger partial charge in [-0.05, 0) is 86.8 Å². The fourth-order valence-electron chi connectivity index (χ4n) is 5.08. The summed E-state index contributed by atoms with van der Waals surface area (Å²) in [5, 5.41) is 9.83. The summed E-state index contributed by atoms with van der Waals surface area (Å²) in [4.78, 5) is 0. The fraction of sp³-hybridized carbons (Fsp3) is 0.700. The van der Waals surface area contributed by atoms with E-state index in [0.29, 0.717) is 12.0 Å². The van der Waals surface area contributed by atoms with E-state index in [0.717, 1.165) is 36.2 Å². The van der Waals surface area contributed by atoms with E-state index in [4.69, 9.17) is 9.47 Å². The second-order valence-electron chi connectivity index (χ2n) is 7.75. The lowest BCUT2D eigenvalue weighted by Gasteiger charge is -2.19. The van der Waals surface area contributed by atoms with Gasteiger partial charge in [-0.2, -0.15) is 0 Å². The van der Waals surface area contributed by atoms with E-state index in [1.165, 1.54) is 44.1 Å². The summed E-state index contributed by atoms with van der Waals surface area (Å²) in [6.45, 7) is 0. The first-order valence-corrected chi connectivity index (χ1v) is 9.25. The van der Waals surface area contributed by atoms with Crippen molar-refractivity contribution < 1.29 is 14.6 Å². The molecule has 3 aliphatic rings. The average molecular weight is 316 g/mol. The highest BCUT2D eigenvalue weighted by Crippen LogP contribution is 2.51. The number of aliphatic hydroxyl groups excluding tert-OH is 1. The molecule has 2 atom stereocenters. The molecule has 3 saturated carbocycles. The largest absolute Gasteiger partial charge is 0.493 e. The molecule has 0 saturated heterocycles. The van der Waals surface area contributed by atoms with Gasteiger partial charge in [0.2, 0.25) is 0 Å². The monoisotopic (exact) mass is 316 g/mol. The van der Waals surface area contributed by atoms with Crippen molar-refractivity contribution >= 4 is 0 Å². The Morgan fingerprint density at radius 1 is 0.957 bits per heavy atom. The first kappa shape index (κ1) is 15.3. The van der Waals surface area contributed by atoms with Crippen LogP contribution in [0.3, 0.4) is 0 Å². The molecule has 0 aliphatic heterocycles. The summed E-state index contributed by atoms with van der Waals surface area (Å²) in [6.07, 6.45) is 9.64. The predicted molar refractivity (Wildman–Crippen MR) is 90.1 cm³/mol. The lowest BCUT2D eigenvalue weighted by atomic mass is 9.94. The maximum atomic E-state index is 9.83. The SMILES string of the molecule is COc1ccc(C2CC3CC(O)CC3C2)cc1OC1CCCC1. The Labute approximate surface area is 139 Å². The van der Waals surface area contributed by atoms with E-state index in [9.17, 15) is 5.11 Å². The molecule has 0 aromatic heterocycles. The first-order chi connectivity index (χ1) is 11.2. The van der Waals surface area contributed by atoms with Crippen LogP contribution in [-0.4, -0.2) is 24.4 Å². The van der Waals surface area contributed by atoms with Crippen molar-refractivity contribution in [2.75, 3.05) is 7.11 Å². The van der Waals surface area contributed by atoms with E-state index in [1.807, 2.05) is 0 Å². The highest BCUT2D eigenvalue weighted by atomic mass is 16.5. The van der Waals surface area contributed by atoms with Crippen LogP contribution in [0.2, 0.25) is 0 Å². The van der Waals surface area contributed by atoms with E-state index < -0.39 is 0 Å². The molecule has 3 fully saturated rings. The summed E-state index contributed by atoms with van der Waals surface area (Å²) in [7, 11) is 1.72. The molecule has 0 radical (unpaired) electrons. The fourth-order valence-corrected chi connectivity index (χ4v) is 5.08. The lowest BCUT2D eigenvalue weighted by molar-refractivity contribution is 0.171. The van der Waals surface area contributed by atoms with Crippen LogP contribution in [0.5, 0.6) is 11.5 Å². The molecule has 0 bridgehead atoms. The van der Waals surface area contributed by atoms with Gasteiger partial charge < -0.3 is 14.6 Å². The first-order valence-electron chi connectivity index (χ1n) is 9.25. The summed E-state index contributed by atoms with van der Waals surface area (Å²) >= 11 is 0. The number of hydrogen-bond donors (Lipinski definition) is 1. The quantitative estimate of drug-likeness (QED) is 0.901. The molecular formula is C20H28O3. The zero-order chi connectivity index (χ0) is 15.8. The van der Waals surface area contributed by atoms with Crippen LogP contribution >= 0.6 is 0 Å². The molecule has 0 spiro atoms. The predicted octanol–water partition coefficient (Wildman–Crippen LogP) is 4.28. The summed E-state index contributed by atoms with van der Waals surface area (Å²) < 4.78 is 11.7. The average Bonchev–Trinajstić information content (AvgIpc) is 3.23. The Bertz CT molecular complexity index is 536. The number of benzene rings is 1. The minimum atomic E-state index is -0.0527. The zero-order valence-corrected chi connectivity index (χ0v) is 14.0. The van der Waals surface area contributed by atoms with Gasteiger partial charge in [0.25, 0.3) is 0 Å². The van der Waals surface area contributed by atoms with Gasteiger partial charge in [0.15, 0.2) is 11.5 Å². The minimum absolute atomic E-state index is 0.0527. The highest BCUT2D eigenvalue weighted by Gasteiger charge is 2.41. The maximum absolute atomic E-state index is 9.83. The number of methoxy groups -OCH3 is 1. The van der Waals surface area contributed by atoms with Crippen LogP contribution in [0, 0.1) is 11.8 Å². The van der Waals surface area contributed by atoms with E-state index in [-0.39, 0.29) is 6.10 Å². The molecule has 1 aromatic rings. The van der Waals surface area contributed by atoms with Crippen molar-refractivity contribution in [1.82, 2.24) is 0 Å². The van der Waals surface area contributed by atoms with Gasteiger partial charge in [-0.1, -0.05) is 6.07 Å². The van der Waals surface area contributed by atoms with Crippen molar-refractivity contribution in [2.24, 2.45) is 11.8 Å². The molecule has 3 nitrogen and oxygen atoms in total. The minimum Gasteiger partial charge on any atom is -0.493 e. The summed E-state index contributed by atoms with van der Waals surface area (Å²) in [5.74, 6) is 3.84. The molecular weight excluding hydrogens is 288 g/mol. The molecule has 2 unspecified atom stereocenters. The molecule has 23 heavy (non-hydrogen) atoms. The number of ether oxygens (including phenoxy) is 2. The Kier molecular flexibility index (Phi) is 4.23. The molecule has 4 rings (SSSR count).